The Labute approximate surface area is 183 Å². The summed E-state index contributed by atoms with van der Waals surface area (Å²) in [5, 5.41) is 20.6. The molecule has 3 fully saturated rings. The van der Waals surface area contributed by atoms with E-state index in [0.29, 0.717) is 42.1 Å². The molecular weight excluding hydrogens is 372 g/mol. The van der Waals surface area contributed by atoms with Crippen LogP contribution in [0.15, 0.2) is 11.6 Å². The average Bonchev–Trinajstić information content (AvgIpc) is 3.06. The lowest BCUT2D eigenvalue weighted by molar-refractivity contribution is -0.124. The third-order valence-corrected chi connectivity index (χ3v) is 10.4. The fourth-order valence-electron chi connectivity index (χ4n) is 8.58. The molecule has 0 radical (unpaired) electrons. The van der Waals surface area contributed by atoms with E-state index in [1.165, 1.54) is 44.1 Å². The van der Waals surface area contributed by atoms with Gasteiger partial charge in [0.15, 0.2) is 5.78 Å². The van der Waals surface area contributed by atoms with Gasteiger partial charge in [-0.2, -0.15) is 0 Å². The topological polar surface area (TPSA) is 57.5 Å². The molecule has 30 heavy (non-hydrogen) atoms. The van der Waals surface area contributed by atoms with Gasteiger partial charge in [0.1, 0.15) is 0 Å². The second-order valence-corrected chi connectivity index (χ2v) is 12.0. The van der Waals surface area contributed by atoms with Crippen LogP contribution in [0, 0.1) is 46.3 Å². The Balaban J connectivity index is 1.50. The highest BCUT2D eigenvalue weighted by Gasteiger charge is 2.61. The maximum absolute atomic E-state index is 12.1. The summed E-state index contributed by atoms with van der Waals surface area (Å²) < 4.78 is 0. The Bertz CT molecular complexity index is 684. The van der Waals surface area contributed by atoms with Gasteiger partial charge in [-0.3, -0.25) is 4.79 Å². The van der Waals surface area contributed by atoms with Crippen molar-refractivity contribution in [3.63, 3.8) is 0 Å². The van der Waals surface area contributed by atoms with E-state index in [4.69, 9.17) is 0 Å². The number of fused-ring (bicyclic) bond motifs is 5. The minimum absolute atomic E-state index is 0.128. The van der Waals surface area contributed by atoms with E-state index in [0.717, 1.165) is 31.1 Å². The third kappa shape index (κ3) is 3.62. The molecule has 9 atom stereocenters. The molecule has 3 nitrogen and oxygen atoms in total. The largest absolute Gasteiger partial charge is 0.396 e. The van der Waals surface area contributed by atoms with Crippen molar-refractivity contribution in [2.24, 2.45) is 46.3 Å². The summed E-state index contributed by atoms with van der Waals surface area (Å²) in [6.45, 7) is 9.85. The second kappa shape index (κ2) is 8.35. The summed E-state index contributed by atoms with van der Waals surface area (Å²) in [4.78, 5) is 12.1. The maximum atomic E-state index is 12.1. The second-order valence-electron chi connectivity index (χ2n) is 12.0. The quantitative estimate of drug-likeness (QED) is 0.598. The standard InChI is InChI=1S/C27H44O3/c1-17(16-28)6-5-7-18(2)21-8-9-22-25-23(11-13-27(21,22)4)26(3)12-10-20(29)14-19(26)15-24(25)30/h14,17-18,21-25,28,30H,5-13,15-16H2,1-4H3/t17?,18-,21-,22+,23+,24-,25+,26+,27-/m1/s1. The summed E-state index contributed by atoms with van der Waals surface area (Å²) in [6.07, 6.45) is 12.7. The van der Waals surface area contributed by atoms with Crippen LogP contribution in [-0.2, 0) is 4.79 Å². The van der Waals surface area contributed by atoms with Crippen molar-refractivity contribution >= 4 is 5.78 Å². The first-order chi connectivity index (χ1) is 14.2. The van der Waals surface area contributed by atoms with Gasteiger partial charge >= 0.3 is 0 Å². The van der Waals surface area contributed by atoms with Crippen molar-refractivity contribution in [1.82, 2.24) is 0 Å². The predicted molar refractivity (Wildman–Crippen MR) is 121 cm³/mol. The first kappa shape index (κ1) is 22.5. The smallest absolute Gasteiger partial charge is 0.155 e. The maximum Gasteiger partial charge on any atom is 0.155 e. The van der Waals surface area contributed by atoms with Crippen LogP contribution in [0.4, 0.5) is 0 Å². The normalized spacial score (nSPS) is 45.2. The van der Waals surface area contributed by atoms with Crippen molar-refractivity contribution in [2.45, 2.75) is 98.0 Å². The van der Waals surface area contributed by atoms with Crippen LogP contribution in [0.1, 0.15) is 91.9 Å². The minimum Gasteiger partial charge on any atom is -0.396 e. The Morgan fingerprint density at radius 2 is 1.87 bits per heavy atom. The number of rotatable bonds is 6. The molecule has 0 aliphatic heterocycles. The van der Waals surface area contributed by atoms with Crippen molar-refractivity contribution in [1.29, 1.82) is 0 Å². The van der Waals surface area contributed by atoms with Crippen molar-refractivity contribution < 1.29 is 15.0 Å². The monoisotopic (exact) mass is 416 g/mol. The number of carbonyl (C=O) groups is 1. The molecule has 4 aliphatic carbocycles. The van der Waals surface area contributed by atoms with Crippen LogP contribution in [0.3, 0.4) is 0 Å². The molecule has 1 unspecified atom stereocenters. The van der Waals surface area contributed by atoms with Crippen LogP contribution >= 0.6 is 0 Å². The molecular formula is C27H44O3. The van der Waals surface area contributed by atoms with E-state index >= 15 is 0 Å². The van der Waals surface area contributed by atoms with E-state index in [2.05, 4.69) is 27.7 Å². The first-order valence-electron chi connectivity index (χ1n) is 12.7. The molecule has 0 bridgehead atoms. The summed E-state index contributed by atoms with van der Waals surface area (Å²) in [7, 11) is 0. The van der Waals surface area contributed by atoms with E-state index in [9.17, 15) is 15.0 Å². The SMILES string of the molecule is CC(CO)CCC[C@@H](C)[C@H]1CC[C@H]2[C@@H]3[C@H](O)CC4=CC(=O)CC[C@]4(C)[C@H]3CC[C@]12C. The molecule has 4 rings (SSSR count). The highest BCUT2D eigenvalue weighted by molar-refractivity contribution is 5.91. The van der Waals surface area contributed by atoms with Gasteiger partial charge in [0.05, 0.1) is 6.10 Å². The van der Waals surface area contributed by atoms with Gasteiger partial charge in [0.2, 0.25) is 0 Å². The van der Waals surface area contributed by atoms with Gasteiger partial charge in [-0.25, -0.2) is 0 Å². The summed E-state index contributed by atoms with van der Waals surface area (Å²) in [5.41, 5.74) is 1.73. The zero-order valence-corrected chi connectivity index (χ0v) is 19.7. The lowest BCUT2D eigenvalue weighted by Gasteiger charge is -2.60. The number of hydrogen-bond donors (Lipinski definition) is 2. The highest BCUT2D eigenvalue weighted by atomic mass is 16.3. The van der Waals surface area contributed by atoms with Gasteiger partial charge in [-0.15, -0.1) is 0 Å². The lowest BCUT2D eigenvalue weighted by Crippen LogP contribution is -2.55. The van der Waals surface area contributed by atoms with E-state index in [1.807, 2.05) is 6.08 Å². The molecule has 0 aromatic carbocycles. The zero-order chi connectivity index (χ0) is 21.7. The minimum atomic E-state index is -0.274. The Morgan fingerprint density at radius 3 is 2.60 bits per heavy atom. The Morgan fingerprint density at radius 1 is 1.10 bits per heavy atom. The van der Waals surface area contributed by atoms with Crippen LogP contribution in [-0.4, -0.2) is 28.7 Å². The first-order valence-corrected chi connectivity index (χ1v) is 12.7. The molecule has 0 aromatic rings. The molecule has 3 heteroatoms. The Hall–Kier alpha value is -0.670. The summed E-state index contributed by atoms with van der Waals surface area (Å²) in [5.74, 6) is 3.75. The highest BCUT2D eigenvalue weighted by Crippen LogP contribution is 2.67. The van der Waals surface area contributed by atoms with Gasteiger partial charge in [-0.05, 0) is 97.4 Å². The number of aliphatic hydroxyl groups is 2. The van der Waals surface area contributed by atoms with Gasteiger partial charge in [0, 0.05) is 13.0 Å². The van der Waals surface area contributed by atoms with Crippen molar-refractivity contribution in [3.05, 3.63) is 11.6 Å². The molecule has 170 valence electrons. The van der Waals surface area contributed by atoms with E-state index in [1.54, 1.807) is 0 Å². The number of hydrogen-bond acceptors (Lipinski definition) is 3. The third-order valence-electron chi connectivity index (χ3n) is 10.4. The van der Waals surface area contributed by atoms with Crippen LogP contribution in [0.5, 0.6) is 0 Å². The molecule has 4 aliphatic rings. The fraction of sp³-hybridized carbons (Fsp3) is 0.889. The van der Waals surface area contributed by atoms with Gasteiger partial charge in [-0.1, -0.05) is 46.1 Å². The summed E-state index contributed by atoms with van der Waals surface area (Å²) >= 11 is 0. The van der Waals surface area contributed by atoms with Crippen LogP contribution < -0.4 is 0 Å². The van der Waals surface area contributed by atoms with E-state index < -0.39 is 0 Å². The zero-order valence-electron chi connectivity index (χ0n) is 19.7. The van der Waals surface area contributed by atoms with Crippen LogP contribution in [0.2, 0.25) is 0 Å². The van der Waals surface area contributed by atoms with Crippen molar-refractivity contribution in [3.8, 4) is 0 Å². The molecule has 0 heterocycles. The average molecular weight is 417 g/mol. The summed E-state index contributed by atoms with van der Waals surface area (Å²) in [6, 6.07) is 0. The molecule has 3 saturated carbocycles. The number of aliphatic hydroxyl groups excluding tert-OH is 2. The molecule has 0 amide bonds. The van der Waals surface area contributed by atoms with Gasteiger partial charge in [0.25, 0.3) is 0 Å². The number of ketones is 1. The molecule has 2 N–H and O–H groups in total. The fourth-order valence-corrected chi connectivity index (χ4v) is 8.58. The molecule has 0 aromatic heterocycles. The Kier molecular flexibility index (Phi) is 6.27. The number of carbonyl (C=O) groups excluding carboxylic acids is 1. The molecule has 0 saturated heterocycles. The van der Waals surface area contributed by atoms with Gasteiger partial charge < -0.3 is 10.2 Å². The molecule has 0 spiro atoms. The lowest BCUT2D eigenvalue weighted by atomic mass is 9.45. The van der Waals surface area contributed by atoms with Crippen LogP contribution in [0.25, 0.3) is 0 Å². The van der Waals surface area contributed by atoms with Crippen molar-refractivity contribution in [2.75, 3.05) is 6.61 Å². The predicted octanol–water partition coefficient (Wildman–Crippen LogP) is 5.54. The van der Waals surface area contributed by atoms with E-state index in [-0.39, 0.29) is 17.3 Å².